The van der Waals surface area contributed by atoms with Crippen LogP contribution in [0, 0.1) is 0 Å². The third-order valence-corrected chi connectivity index (χ3v) is 5.13. The van der Waals surface area contributed by atoms with E-state index in [1.165, 1.54) is 12.3 Å². The van der Waals surface area contributed by atoms with Crippen LogP contribution in [0.15, 0.2) is 28.3 Å². The van der Waals surface area contributed by atoms with Gasteiger partial charge in [0.2, 0.25) is 5.03 Å². The number of hydrogen-bond acceptors (Lipinski definition) is 4. The van der Waals surface area contributed by atoms with Crippen molar-refractivity contribution in [2.75, 3.05) is 5.75 Å². The number of aromatic nitrogens is 1. The first-order valence-corrected chi connectivity index (χ1v) is 8.35. The Labute approximate surface area is 111 Å². The van der Waals surface area contributed by atoms with E-state index in [1.807, 2.05) is 0 Å². The van der Waals surface area contributed by atoms with E-state index in [0.717, 1.165) is 0 Å². The average Bonchev–Trinajstić information content (AvgIpc) is 2.25. The molecule has 0 bridgehead atoms. The first-order chi connectivity index (χ1) is 8.17. The second kappa shape index (κ2) is 5.56. The highest BCUT2D eigenvalue weighted by Crippen LogP contribution is 2.20. The highest BCUT2D eigenvalue weighted by molar-refractivity contribution is 7.93. The molecular weight excluding hydrogens is 272 g/mol. The molecule has 1 aromatic rings. The third kappa shape index (κ3) is 3.94. The molecule has 0 saturated heterocycles. The standard InChI is InChI=1S/C11H18N2O3S2/c1-5-17(14)9-7-6-8-12-10(9)18(15,16)13-11(2,3)4/h6-8,13H,5H2,1-4H3. The van der Waals surface area contributed by atoms with Gasteiger partial charge in [-0.05, 0) is 51.0 Å². The van der Waals surface area contributed by atoms with Gasteiger partial charge in [0.1, 0.15) is 5.75 Å². The zero-order valence-corrected chi connectivity index (χ0v) is 12.6. The van der Waals surface area contributed by atoms with Crippen molar-refractivity contribution < 1.29 is 13.0 Å². The normalized spacial score (nSPS) is 14.5. The van der Waals surface area contributed by atoms with Gasteiger partial charge in [-0.2, -0.15) is 0 Å². The van der Waals surface area contributed by atoms with Crippen LogP contribution in [0.1, 0.15) is 27.7 Å². The molecule has 5 nitrogen and oxygen atoms in total. The van der Waals surface area contributed by atoms with Crippen LogP contribution in [0.3, 0.4) is 0 Å². The Morgan fingerprint density at radius 3 is 2.56 bits per heavy atom. The number of rotatable bonds is 4. The molecule has 1 rings (SSSR count). The molecule has 102 valence electrons. The van der Waals surface area contributed by atoms with Crippen molar-refractivity contribution in [3.63, 3.8) is 0 Å². The molecule has 0 saturated carbocycles. The molecule has 7 heteroatoms. The maximum Gasteiger partial charge on any atom is 0.263 e. The van der Waals surface area contributed by atoms with Crippen molar-refractivity contribution in [3.8, 4) is 0 Å². The van der Waals surface area contributed by atoms with E-state index in [-0.39, 0.29) is 9.92 Å². The molecule has 18 heavy (non-hydrogen) atoms. The zero-order chi connectivity index (χ0) is 14.0. The lowest BCUT2D eigenvalue weighted by atomic mass is 10.1. The quantitative estimate of drug-likeness (QED) is 0.847. The van der Waals surface area contributed by atoms with Crippen molar-refractivity contribution in [1.82, 2.24) is 9.71 Å². The van der Waals surface area contributed by atoms with Crippen LogP contribution >= 0.6 is 0 Å². The SMILES string of the molecule is CC[S+]([O-])c1cccnc1S(=O)(=O)NC(C)(C)C. The summed E-state index contributed by atoms with van der Waals surface area (Å²) < 4.78 is 38.7. The molecule has 0 aliphatic heterocycles. The first kappa shape index (κ1) is 15.4. The van der Waals surface area contributed by atoms with Crippen molar-refractivity contribution >= 4 is 21.2 Å². The van der Waals surface area contributed by atoms with Gasteiger partial charge >= 0.3 is 0 Å². The minimum Gasteiger partial charge on any atom is -0.611 e. The Balaban J connectivity index is 3.25. The largest absolute Gasteiger partial charge is 0.611 e. The van der Waals surface area contributed by atoms with Crippen LogP contribution in [0.25, 0.3) is 0 Å². The third-order valence-electron chi connectivity index (χ3n) is 1.94. The monoisotopic (exact) mass is 290 g/mol. The summed E-state index contributed by atoms with van der Waals surface area (Å²) in [6.07, 6.45) is 1.38. The molecule has 0 aliphatic rings. The van der Waals surface area contributed by atoms with Crippen LogP contribution in [0.4, 0.5) is 0 Å². The Bertz CT molecular complexity index is 509. The summed E-state index contributed by atoms with van der Waals surface area (Å²) in [6, 6.07) is 3.11. The number of nitrogens with zero attached hydrogens (tertiary/aromatic N) is 1. The molecule has 1 unspecified atom stereocenters. The van der Waals surface area contributed by atoms with Crippen molar-refractivity contribution in [1.29, 1.82) is 0 Å². The van der Waals surface area contributed by atoms with Gasteiger partial charge < -0.3 is 4.55 Å². The summed E-state index contributed by atoms with van der Waals surface area (Å²) in [5, 5.41) is -0.153. The fourth-order valence-corrected chi connectivity index (χ4v) is 4.19. The number of nitrogens with one attached hydrogen (secondary N) is 1. The van der Waals surface area contributed by atoms with Crippen LogP contribution < -0.4 is 4.72 Å². The number of pyridine rings is 1. The minimum absolute atomic E-state index is 0.153. The van der Waals surface area contributed by atoms with Crippen LogP contribution in [0.2, 0.25) is 0 Å². The zero-order valence-electron chi connectivity index (χ0n) is 10.9. The second-order valence-electron chi connectivity index (χ2n) is 4.80. The molecule has 0 spiro atoms. The smallest absolute Gasteiger partial charge is 0.263 e. The van der Waals surface area contributed by atoms with Crippen LogP contribution in [-0.2, 0) is 21.2 Å². The highest BCUT2D eigenvalue weighted by Gasteiger charge is 2.29. The Morgan fingerprint density at radius 1 is 1.44 bits per heavy atom. The summed E-state index contributed by atoms with van der Waals surface area (Å²) in [5.41, 5.74) is -0.610. The molecule has 1 aromatic heterocycles. The lowest BCUT2D eigenvalue weighted by Gasteiger charge is -2.20. The topological polar surface area (TPSA) is 82.1 Å². The molecule has 1 heterocycles. The van der Waals surface area contributed by atoms with E-state index in [4.69, 9.17) is 0 Å². The van der Waals surface area contributed by atoms with Gasteiger partial charge in [-0.25, -0.2) is 18.1 Å². The Kier molecular flexibility index (Phi) is 4.77. The lowest BCUT2D eigenvalue weighted by Crippen LogP contribution is -2.41. The minimum atomic E-state index is -3.76. The van der Waals surface area contributed by atoms with Crippen molar-refractivity contribution in [2.24, 2.45) is 0 Å². The first-order valence-electron chi connectivity index (χ1n) is 5.55. The second-order valence-corrected chi connectivity index (χ2v) is 8.10. The van der Waals surface area contributed by atoms with E-state index in [2.05, 4.69) is 9.71 Å². The molecule has 0 aromatic carbocycles. The van der Waals surface area contributed by atoms with Crippen molar-refractivity contribution in [3.05, 3.63) is 18.3 Å². The van der Waals surface area contributed by atoms with Crippen LogP contribution in [-0.4, -0.2) is 29.2 Å². The molecule has 0 aliphatic carbocycles. The maximum absolute atomic E-state index is 12.2. The Morgan fingerprint density at radius 2 is 2.06 bits per heavy atom. The fourth-order valence-electron chi connectivity index (χ4n) is 1.36. The molecule has 1 N–H and O–H groups in total. The maximum atomic E-state index is 12.2. The van der Waals surface area contributed by atoms with Gasteiger partial charge in [-0.3, -0.25) is 0 Å². The highest BCUT2D eigenvalue weighted by atomic mass is 32.2. The summed E-state index contributed by atoms with van der Waals surface area (Å²) in [4.78, 5) is 4.11. The van der Waals surface area contributed by atoms with E-state index in [0.29, 0.717) is 5.75 Å². The predicted molar refractivity (Wildman–Crippen MR) is 71.3 cm³/mol. The predicted octanol–water partition coefficient (Wildman–Crippen LogP) is 1.29. The summed E-state index contributed by atoms with van der Waals surface area (Å²) in [7, 11) is -3.76. The van der Waals surface area contributed by atoms with Gasteiger partial charge in [0.25, 0.3) is 10.0 Å². The molecule has 0 amide bonds. The Hall–Kier alpha value is -0.630. The molecular formula is C11H18N2O3S2. The van der Waals surface area contributed by atoms with E-state index in [9.17, 15) is 13.0 Å². The number of sulfonamides is 1. The van der Waals surface area contributed by atoms with E-state index < -0.39 is 26.7 Å². The van der Waals surface area contributed by atoms with Gasteiger partial charge in [0.15, 0.2) is 4.90 Å². The molecule has 0 fully saturated rings. The lowest BCUT2D eigenvalue weighted by molar-refractivity contribution is 0.487. The average molecular weight is 290 g/mol. The summed E-state index contributed by atoms with van der Waals surface area (Å²) >= 11 is -1.36. The van der Waals surface area contributed by atoms with Gasteiger partial charge in [0.05, 0.1) is 0 Å². The van der Waals surface area contributed by atoms with E-state index in [1.54, 1.807) is 33.8 Å². The van der Waals surface area contributed by atoms with Gasteiger partial charge in [-0.15, -0.1) is 0 Å². The fraction of sp³-hybridized carbons (Fsp3) is 0.545. The van der Waals surface area contributed by atoms with Gasteiger partial charge in [-0.1, -0.05) is 0 Å². The molecule has 1 atom stereocenters. The summed E-state index contributed by atoms with van der Waals surface area (Å²) in [5.74, 6) is 0.351. The van der Waals surface area contributed by atoms with Crippen molar-refractivity contribution in [2.45, 2.75) is 43.2 Å². The van der Waals surface area contributed by atoms with E-state index >= 15 is 0 Å². The van der Waals surface area contributed by atoms with Crippen LogP contribution in [0.5, 0.6) is 0 Å². The summed E-state index contributed by atoms with van der Waals surface area (Å²) in [6.45, 7) is 6.95. The number of hydrogen-bond donors (Lipinski definition) is 1. The van der Waals surface area contributed by atoms with Gasteiger partial charge in [0, 0.05) is 11.7 Å². The molecule has 0 radical (unpaired) electrons.